The van der Waals surface area contributed by atoms with Gasteiger partial charge in [-0.05, 0) is 0 Å². The third kappa shape index (κ3) is 1.68. The van der Waals surface area contributed by atoms with Gasteiger partial charge in [-0.2, -0.15) is 0 Å². The molecule has 0 aliphatic carbocycles. The van der Waals surface area contributed by atoms with E-state index in [1.807, 2.05) is 0 Å². The van der Waals surface area contributed by atoms with Gasteiger partial charge in [0, 0.05) is 19.9 Å². The molecule has 0 aromatic heterocycles. The van der Waals surface area contributed by atoms with E-state index in [0.29, 0.717) is 13.0 Å². The molecule has 1 fully saturated rings. The van der Waals surface area contributed by atoms with Gasteiger partial charge in [0.15, 0.2) is 0 Å². The number of hydrogen-bond acceptors (Lipinski definition) is 3. The number of rotatable bonds is 1. The number of aliphatic hydroxyl groups is 1. The number of aliphatic hydroxyl groups excluding tert-OH is 1. The van der Waals surface area contributed by atoms with E-state index in [1.54, 1.807) is 0 Å². The molecule has 5 nitrogen and oxygen atoms in total. The first-order valence-corrected chi connectivity index (χ1v) is 3.38. The van der Waals surface area contributed by atoms with Gasteiger partial charge in [0.25, 0.3) is 5.91 Å². The molecule has 1 saturated heterocycles. The Morgan fingerprint density at radius 1 is 1.82 bits per heavy atom. The zero-order valence-corrected chi connectivity index (χ0v) is 6.20. The number of nitrogens with zero attached hydrogens (tertiary/aromatic N) is 1. The molecule has 1 atom stereocenters. The van der Waals surface area contributed by atoms with E-state index in [9.17, 15) is 9.59 Å². The van der Waals surface area contributed by atoms with E-state index in [1.165, 1.54) is 6.92 Å². The molecule has 1 unspecified atom stereocenters. The molecule has 1 aliphatic rings. The molecule has 2 N–H and O–H groups in total. The summed E-state index contributed by atoms with van der Waals surface area (Å²) in [6.07, 6.45) is -0.555. The van der Waals surface area contributed by atoms with Gasteiger partial charge in [0.2, 0.25) is 5.91 Å². The minimum atomic E-state index is -0.943. The number of amides is 2. The summed E-state index contributed by atoms with van der Waals surface area (Å²) in [5.74, 6) is -0.729. The molecule has 1 heterocycles. The lowest BCUT2D eigenvalue weighted by Gasteiger charge is -2.14. The van der Waals surface area contributed by atoms with Crippen LogP contribution >= 0.6 is 0 Å². The molecule has 0 aromatic carbocycles. The van der Waals surface area contributed by atoms with Crippen LogP contribution in [0.2, 0.25) is 0 Å². The normalized spacial score (nSPS) is 24.0. The van der Waals surface area contributed by atoms with Crippen molar-refractivity contribution in [2.45, 2.75) is 19.4 Å². The van der Waals surface area contributed by atoms with Crippen molar-refractivity contribution >= 4 is 11.8 Å². The summed E-state index contributed by atoms with van der Waals surface area (Å²) in [4.78, 5) is 21.4. The Bertz CT molecular complexity index is 192. The SMILES string of the molecule is CC(=O)NN1CCC(O)C1=O. The summed E-state index contributed by atoms with van der Waals surface area (Å²) in [5, 5.41) is 10.1. The second kappa shape index (κ2) is 2.87. The summed E-state index contributed by atoms with van der Waals surface area (Å²) in [6.45, 7) is 1.71. The van der Waals surface area contributed by atoms with Gasteiger partial charge in [-0.25, -0.2) is 0 Å². The van der Waals surface area contributed by atoms with Gasteiger partial charge in [-0.15, -0.1) is 0 Å². The first-order chi connectivity index (χ1) is 5.11. The van der Waals surface area contributed by atoms with Crippen LogP contribution < -0.4 is 5.43 Å². The maximum atomic E-state index is 10.9. The Balaban J connectivity index is 2.49. The molecule has 0 radical (unpaired) electrons. The largest absolute Gasteiger partial charge is 0.383 e. The summed E-state index contributed by atoms with van der Waals surface area (Å²) < 4.78 is 0. The second-order valence-corrected chi connectivity index (χ2v) is 2.46. The Morgan fingerprint density at radius 2 is 2.45 bits per heavy atom. The highest BCUT2D eigenvalue weighted by Gasteiger charge is 2.30. The quantitative estimate of drug-likeness (QED) is 0.494. The lowest BCUT2D eigenvalue weighted by atomic mass is 10.3. The summed E-state index contributed by atoms with van der Waals surface area (Å²) >= 11 is 0. The van der Waals surface area contributed by atoms with E-state index >= 15 is 0 Å². The average Bonchev–Trinajstić information content (AvgIpc) is 2.18. The fourth-order valence-electron chi connectivity index (χ4n) is 0.966. The van der Waals surface area contributed by atoms with E-state index in [0.717, 1.165) is 5.01 Å². The number of nitrogens with one attached hydrogen (secondary N) is 1. The van der Waals surface area contributed by atoms with Crippen LogP contribution in [-0.2, 0) is 9.59 Å². The number of carbonyl (C=O) groups excluding carboxylic acids is 2. The van der Waals surface area contributed by atoms with Gasteiger partial charge in [-0.1, -0.05) is 0 Å². The van der Waals surface area contributed by atoms with Crippen molar-refractivity contribution in [2.24, 2.45) is 0 Å². The number of hydrazine groups is 1. The predicted molar refractivity (Wildman–Crippen MR) is 36.2 cm³/mol. The lowest BCUT2D eigenvalue weighted by Crippen LogP contribution is -2.43. The van der Waals surface area contributed by atoms with Crippen molar-refractivity contribution in [1.82, 2.24) is 10.4 Å². The lowest BCUT2D eigenvalue weighted by molar-refractivity contribution is -0.141. The van der Waals surface area contributed by atoms with Crippen LogP contribution in [0.15, 0.2) is 0 Å². The second-order valence-electron chi connectivity index (χ2n) is 2.46. The van der Waals surface area contributed by atoms with Crippen molar-refractivity contribution in [2.75, 3.05) is 6.54 Å². The minimum Gasteiger partial charge on any atom is -0.383 e. The average molecular weight is 158 g/mol. The molecule has 0 aromatic rings. The number of hydrogen-bond donors (Lipinski definition) is 2. The Labute approximate surface area is 64.0 Å². The van der Waals surface area contributed by atoms with Gasteiger partial charge in [0.05, 0.1) is 0 Å². The molecular weight excluding hydrogens is 148 g/mol. The zero-order valence-electron chi connectivity index (χ0n) is 6.20. The topological polar surface area (TPSA) is 69.6 Å². The molecule has 2 amide bonds. The molecule has 0 spiro atoms. The fourth-order valence-corrected chi connectivity index (χ4v) is 0.966. The van der Waals surface area contributed by atoms with Gasteiger partial charge in [0.1, 0.15) is 6.10 Å². The van der Waals surface area contributed by atoms with Crippen LogP contribution in [0.4, 0.5) is 0 Å². The van der Waals surface area contributed by atoms with Gasteiger partial charge < -0.3 is 5.11 Å². The maximum Gasteiger partial charge on any atom is 0.269 e. The summed E-state index contributed by atoms with van der Waals surface area (Å²) in [5.41, 5.74) is 2.31. The predicted octanol–water partition coefficient (Wildman–Crippen LogP) is -1.37. The van der Waals surface area contributed by atoms with Crippen LogP contribution in [-0.4, -0.2) is 34.6 Å². The Hall–Kier alpha value is -1.10. The highest BCUT2D eigenvalue weighted by molar-refractivity contribution is 5.85. The molecule has 0 bridgehead atoms. The summed E-state index contributed by atoms with van der Waals surface area (Å²) in [6, 6.07) is 0. The fraction of sp³-hybridized carbons (Fsp3) is 0.667. The standard InChI is InChI=1S/C6H10N2O3/c1-4(9)7-8-3-2-5(10)6(8)11/h5,10H,2-3H2,1H3,(H,7,9). The molecular formula is C6H10N2O3. The molecule has 1 rings (SSSR count). The van der Waals surface area contributed by atoms with Crippen LogP contribution in [0.25, 0.3) is 0 Å². The van der Waals surface area contributed by atoms with Crippen LogP contribution in [0.5, 0.6) is 0 Å². The van der Waals surface area contributed by atoms with E-state index in [4.69, 9.17) is 5.11 Å². The van der Waals surface area contributed by atoms with Crippen LogP contribution in [0.3, 0.4) is 0 Å². The highest BCUT2D eigenvalue weighted by atomic mass is 16.3. The number of carbonyl (C=O) groups is 2. The molecule has 62 valence electrons. The third-order valence-corrected chi connectivity index (χ3v) is 1.47. The van der Waals surface area contributed by atoms with Crippen molar-refractivity contribution in [1.29, 1.82) is 0 Å². The smallest absolute Gasteiger partial charge is 0.269 e. The van der Waals surface area contributed by atoms with Crippen LogP contribution in [0.1, 0.15) is 13.3 Å². The van der Waals surface area contributed by atoms with Crippen molar-refractivity contribution in [3.8, 4) is 0 Å². The highest BCUT2D eigenvalue weighted by Crippen LogP contribution is 2.07. The van der Waals surface area contributed by atoms with Gasteiger partial charge >= 0.3 is 0 Å². The van der Waals surface area contributed by atoms with Gasteiger partial charge in [-0.3, -0.25) is 20.0 Å². The van der Waals surface area contributed by atoms with Crippen molar-refractivity contribution in [3.63, 3.8) is 0 Å². The van der Waals surface area contributed by atoms with Crippen LogP contribution in [0, 0.1) is 0 Å². The summed E-state index contributed by atoms with van der Waals surface area (Å²) in [7, 11) is 0. The Kier molecular flexibility index (Phi) is 2.09. The van der Waals surface area contributed by atoms with E-state index in [-0.39, 0.29) is 5.91 Å². The first-order valence-electron chi connectivity index (χ1n) is 3.38. The molecule has 0 saturated carbocycles. The third-order valence-electron chi connectivity index (χ3n) is 1.47. The van der Waals surface area contributed by atoms with Crippen molar-refractivity contribution < 1.29 is 14.7 Å². The Morgan fingerprint density at radius 3 is 2.82 bits per heavy atom. The van der Waals surface area contributed by atoms with E-state index in [2.05, 4.69) is 5.43 Å². The molecule has 5 heteroatoms. The molecule has 1 aliphatic heterocycles. The first kappa shape index (κ1) is 8.00. The molecule has 11 heavy (non-hydrogen) atoms. The van der Waals surface area contributed by atoms with Crippen molar-refractivity contribution in [3.05, 3.63) is 0 Å². The maximum absolute atomic E-state index is 10.9. The van der Waals surface area contributed by atoms with E-state index < -0.39 is 12.0 Å². The minimum absolute atomic E-state index is 0.299. The monoisotopic (exact) mass is 158 g/mol. The zero-order chi connectivity index (χ0) is 8.43.